The van der Waals surface area contributed by atoms with Gasteiger partial charge >= 0.3 is 0 Å². The maximum Gasteiger partial charge on any atom is 0.0426 e. The molecule has 1 fully saturated rings. The molecule has 0 bridgehead atoms. The van der Waals surface area contributed by atoms with Crippen molar-refractivity contribution in [3.63, 3.8) is 0 Å². The molecule has 118 valence electrons. The second-order valence-corrected chi connectivity index (χ2v) is 5.98. The average molecular weight is 337 g/mol. The Balaban J connectivity index is 0.00000176. The minimum absolute atomic E-state index is 0. The molecular weight excluding hydrogens is 315 g/mol. The zero-order valence-corrected chi connectivity index (χ0v) is 14.2. The molecule has 22 heavy (non-hydrogen) atoms. The lowest BCUT2D eigenvalue weighted by Crippen LogP contribution is -2.47. The Morgan fingerprint density at radius 1 is 0.864 bits per heavy atom. The first-order valence-electron chi connectivity index (χ1n) is 7.58. The van der Waals surface area contributed by atoms with Crippen molar-refractivity contribution in [1.29, 1.82) is 0 Å². The van der Waals surface area contributed by atoms with Crippen LogP contribution in [0.2, 0.25) is 5.02 Å². The van der Waals surface area contributed by atoms with Gasteiger partial charge in [0.05, 0.1) is 0 Å². The molecule has 3 rings (SSSR count). The summed E-state index contributed by atoms with van der Waals surface area (Å²) in [5.41, 5.74) is 2.67. The third-order valence-corrected chi connectivity index (χ3v) is 4.34. The van der Waals surface area contributed by atoms with Crippen LogP contribution in [0.4, 0.5) is 5.69 Å². The maximum atomic E-state index is 6.07. The van der Waals surface area contributed by atoms with Crippen LogP contribution in [0.5, 0.6) is 0 Å². The molecule has 4 heteroatoms. The van der Waals surface area contributed by atoms with Crippen molar-refractivity contribution in [2.45, 2.75) is 6.42 Å². The van der Waals surface area contributed by atoms with Crippen molar-refractivity contribution in [3.8, 4) is 0 Å². The summed E-state index contributed by atoms with van der Waals surface area (Å²) in [4.78, 5) is 4.97. The van der Waals surface area contributed by atoms with Crippen molar-refractivity contribution < 1.29 is 0 Å². The summed E-state index contributed by atoms with van der Waals surface area (Å²) < 4.78 is 0. The number of benzene rings is 2. The Hall–Kier alpha value is -1.22. The van der Waals surface area contributed by atoms with E-state index >= 15 is 0 Å². The van der Waals surface area contributed by atoms with Gasteiger partial charge in [0.15, 0.2) is 0 Å². The molecule has 0 atom stereocenters. The normalized spacial score (nSPS) is 15.4. The van der Waals surface area contributed by atoms with Crippen LogP contribution in [-0.2, 0) is 6.42 Å². The van der Waals surface area contributed by atoms with E-state index < -0.39 is 0 Å². The summed E-state index contributed by atoms with van der Waals surface area (Å²) in [6.07, 6.45) is 1.14. The molecule has 0 aromatic heterocycles. The largest absolute Gasteiger partial charge is 0.369 e. The van der Waals surface area contributed by atoms with Gasteiger partial charge in [0.1, 0.15) is 0 Å². The van der Waals surface area contributed by atoms with Crippen LogP contribution in [0.25, 0.3) is 0 Å². The van der Waals surface area contributed by atoms with E-state index in [1.54, 1.807) is 0 Å². The van der Waals surface area contributed by atoms with Gasteiger partial charge in [-0.15, -0.1) is 12.4 Å². The highest BCUT2D eigenvalue weighted by Crippen LogP contribution is 2.20. The van der Waals surface area contributed by atoms with Gasteiger partial charge in [-0.05, 0) is 30.2 Å². The molecule has 0 saturated carbocycles. The first kappa shape index (κ1) is 17.1. The van der Waals surface area contributed by atoms with Crippen molar-refractivity contribution in [2.75, 3.05) is 37.6 Å². The van der Waals surface area contributed by atoms with E-state index in [4.69, 9.17) is 11.6 Å². The number of piperazine rings is 1. The van der Waals surface area contributed by atoms with Crippen molar-refractivity contribution >= 4 is 29.7 Å². The predicted molar refractivity (Wildman–Crippen MR) is 97.5 cm³/mol. The van der Waals surface area contributed by atoms with Crippen LogP contribution < -0.4 is 4.90 Å². The van der Waals surface area contributed by atoms with Crippen LogP contribution in [-0.4, -0.2) is 37.6 Å². The Morgan fingerprint density at radius 2 is 1.59 bits per heavy atom. The Morgan fingerprint density at radius 3 is 2.27 bits per heavy atom. The molecule has 1 aliphatic rings. The standard InChI is InChI=1S/C18H21ClN2.ClH/c19-17-7-4-8-18(15-17)21-13-11-20(12-14-21)10-9-16-5-2-1-3-6-16;/h1-8,15H,9-14H2;1H. The SMILES string of the molecule is Cl.Clc1cccc(N2CCN(CCc3ccccc3)CC2)c1. The molecule has 2 aromatic carbocycles. The van der Waals surface area contributed by atoms with E-state index in [0.717, 1.165) is 44.2 Å². The van der Waals surface area contributed by atoms with E-state index in [9.17, 15) is 0 Å². The number of nitrogens with zero attached hydrogens (tertiary/aromatic N) is 2. The third-order valence-electron chi connectivity index (χ3n) is 4.11. The molecule has 0 spiro atoms. The number of hydrogen-bond donors (Lipinski definition) is 0. The highest BCUT2D eigenvalue weighted by Gasteiger charge is 2.16. The molecule has 2 nitrogen and oxygen atoms in total. The van der Waals surface area contributed by atoms with Gasteiger partial charge in [-0.25, -0.2) is 0 Å². The highest BCUT2D eigenvalue weighted by molar-refractivity contribution is 6.30. The Bertz CT molecular complexity index is 566. The predicted octanol–water partition coefficient (Wildman–Crippen LogP) is 4.13. The topological polar surface area (TPSA) is 6.48 Å². The van der Waals surface area contributed by atoms with Gasteiger partial charge in [-0.2, -0.15) is 0 Å². The molecule has 0 aliphatic carbocycles. The Kier molecular flexibility index (Phi) is 6.56. The number of anilines is 1. The molecule has 0 radical (unpaired) electrons. The van der Waals surface area contributed by atoms with E-state index in [0.29, 0.717) is 0 Å². The molecule has 0 unspecified atom stereocenters. The van der Waals surface area contributed by atoms with Crippen molar-refractivity contribution in [1.82, 2.24) is 4.90 Å². The second kappa shape index (κ2) is 8.42. The lowest BCUT2D eigenvalue weighted by Gasteiger charge is -2.36. The van der Waals surface area contributed by atoms with E-state index in [2.05, 4.69) is 52.3 Å². The summed E-state index contributed by atoms with van der Waals surface area (Å²) in [6.45, 7) is 5.55. The fraction of sp³-hybridized carbons (Fsp3) is 0.333. The first-order chi connectivity index (χ1) is 10.3. The molecule has 1 saturated heterocycles. The van der Waals surface area contributed by atoms with Gasteiger partial charge in [0.2, 0.25) is 0 Å². The summed E-state index contributed by atoms with van der Waals surface area (Å²) in [5.74, 6) is 0. The van der Waals surface area contributed by atoms with Gasteiger partial charge in [0.25, 0.3) is 0 Å². The summed E-state index contributed by atoms with van der Waals surface area (Å²) in [6, 6.07) is 18.9. The molecule has 2 aromatic rings. The lowest BCUT2D eigenvalue weighted by molar-refractivity contribution is 0.261. The quantitative estimate of drug-likeness (QED) is 0.828. The van der Waals surface area contributed by atoms with Gasteiger partial charge in [0, 0.05) is 43.4 Å². The van der Waals surface area contributed by atoms with Crippen LogP contribution in [0.3, 0.4) is 0 Å². The average Bonchev–Trinajstić information content (AvgIpc) is 2.54. The molecule has 0 amide bonds. The highest BCUT2D eigenvalue weighted by atomic mass is 35.5. The fourth-order valence-electron chi connectivity index (χ4n) is 2.83. The van der Waals surface area contributed by atoms with Crippen molar-refractivity contribution in [2.24, 2.45) is 0 Å². The zero-order chi connectivity index (χ0) is 14.5. The summed E-state index contributed by atoms with van der Waals surface area (Å²) >= 11 is 6.07. The number of hydrogen-bond acceptors (Lipinski definition) is 2. The monoisotopic (exact) mass is 336 g/mol. The molecular formula is C18H22Cl2N2. The first-order valence-corrected chi connectivity index (χ1v) is 7.96. The smallest absolute Gasteiger partial charge is 0.0426 e. The van der Waals surface area contributed by atoms with Crippen LogP contribution >= 0.6 is 24.0 Å². The van der Waals surface area contributed by atoms with Gasteiger partial charge in [-0.3, -0.25) is 4.90 Å². The second-order valence-electron chi connectivity index (χ2n) is 5.54. The fourth-order valence-corrected chi connectivity index (χ4v) is 3.02. The summed E-state index contributed by atoms with van der Waals surface area (Å²) in [5, 5.41) is 0.819. The molecule has 0 N–H and O–H groups in total. The third kappa shape index (κ3) is 4.64. The van der Waals surface area contributed by atoms with E-state index in [1.165, 1.54) is 11.3 Å². The molecule has 1 aliphatic heterocycles. The van der Waals surface area contributed by atoms with Crippen LogP contribution in [0.1, 0.15) is 5.56 Å². The maximum absolute atomic E-state index is 6.07. The number of rotatable bonds is 4. The number of halogens is 2. The van der Waals surface area contributed by atoms with Gasteiger partial charge < -0.3 is 4.90 Å². The lowest BCUT2D eigenvalue weighted by atomic mass is 10.1. The summed E-state index contributed by atoms with van der Waals surface area (Å²) in [7, 11) is 0. The Labute approximate surface area is 144 Å². The van der Waals surface area contributed by atoms with E-state index in [-0.39, 0.29) is 12.4 Å². The minimum atomic E-state index is 0. The van der Waals surface area contributed by atoms with Crippen LogP contribution in [0.15, 0.2) is 54.6 Å². The minimum Gasteiger partial charge on any atom is -0.369 e. The molecule has 1 heterocycles. The van der Waals surface area contributed by atoms with Gasteiger partial charge in [-0.1, -0.05) is 48.0 Å². The van der Waals surface area contributed by atoms with E-state index in [1.807, 2.05) is 12.1 Å². The van der Waals surface area contributed by atoms with Crippen LogP contribution in [0, 0.1) is 0 Å². The zero-order valence-electron chi connectivity index (χ0n) is 12.6. The van der Waals surface area contributed by atoms with Crippen molar-refractivity contribution in [3.05, 3.63) is 65.2 Å².